The Labute approximate surface area is 213 Å². The van der Waals surface area contributed by atoms with E-state index in [-0.39, 0.29) is 22.9 Å². The quantitative estimate of drug-likeness (QED) is 0.335. The van der Waals surface area contributed by atoms with Crippen molar-refractivity contribution in [2.75, 3.05) is 38.3 Å². The van der Waals surface area contributed by atoms with Gasteiger partial charge in [-0.3, -0.25) is 9.10 Å². The van der Waals surface area contributed by atoms with Crippen molar-refractivity contribution in [3.63, 3.8) is 0 Å². The Morgan fingerprint density at radius 2 is 1.76 bits per heavy atom. The van der Waals surface area contributed by atoms with Crippen LogP contribution in [-0.4, -0.2) is 54.5 Å². The molecule has 0 aliphatic carbocycles. The molecule has 1 heterocycles. The van der Waals surface area contributed by atoms with Crippen LogP contribution in [0.1, 0.15) is 5.56 Å². The predicted molar refractivity (Wildman–Crippen MR) is 134 cm³/mol. The fourth-order valence-electron chi connectivity index (χ4n) is 3.50. The highest BCUT2D eigenvalue weighted by Gasteiger charge is 2.29. The topological polar surface area (TPSA) is 116 Å². The molecule has 0 spiro atoms. The van der Waals surface area contributed by atoms with E-state index in [1.54, 1.807) is 18.2 Å². The van der Waals surface area contributed by atoms with Crippen LogP contribution in [0.15, 0.2) is 70.7 Å². The second kappa shape index (κ2) is 11.2. The molecule has 0 saturated carbocycles. The van der Waals surface area contributed by atoms with Gasteiger partial charge in [-0.2, -0.15) is 5.10 Å². The number of halogens is 1. The molecule has 1 amide bonds. The van der Waals surface area contributed by atoms with Crippen LogP contribution < -0.4 is 28.7 Å². The molecule has 3 aromatic carbocycles. The van der Waals surface area contributed by atoms with Gasteiger partial charge in [0.25, 0.3) is 15.9 Å². The lowest BCUT2D eigenvalue weighted by Crippen LogP contribution is -2.39. The molecule has 1 N–H and O–H groups in total. The smallest absolute Gasteiger partial charge is 0.264 e. The van der Waals surface area contributed by atoms with E-state index in [1.165, 1.54) is 50.8 Å². The number of hydrazone groups is 1. The molecule has 0 fully saturated rings. The third-order valence-electron chi connectivity index (χ3n) is 5.34. The number of carbonyl (C=O) groups excluding carboxylic acids is 1. The molecule has 0 unspecified atom stereocenters. The minimum atomic E-state index is -4.26. The summed E-state index contributed by atoms with van der Waals surface area (Å²) in [6.07, 6.45) is 1.35. The number of sulfonamides is 1. The molecule has 0 atom stereocenters. The van der Waals surface area contributed by atoms with Gasteiger partial charge in [0.15, 0.2) is 11.5 Å². The van der Waals surface area contributed by atoms with Crippen molar-refractivity contribution in [2.24, 2.45) is 5.10 Å². The Kier molecular flexibility index (Phi) is 7.77. The lowest BCUT2D eigenvalue weighted by molar-refractivity contribution is -0.119. The number of benzene rings is 3. The molecule has 194 valence electrons. The normalized spacial score (nSPS) is 12.7. The van der Waals surface area contributed by atoms with Gasteiger partial charge in [-0.1, -0.05) is 0 Å². The van der Waals surface area contributed by atoms with Crippen LogP contribution in [-0.2, 0) is 14.8 Å². The van der Waals surface area contributed by atoms with Gasteiger partial charge in [0.2, 0.25) is 0 Å². The Morgan fingerprint density at radius 1 is 1.03 bits per heavy atom. The first-order valence-electron chi connectivity index (χ1n) is 11.0. The number of ether oxygens (including phenoxy) is 4. The van der Waals surface area contributed by atoms with Crippen LogP contribution in [0, 0.1) is 5.82 Å². The van der Waals surface area contributed by atoms with Gasteiger partial charge in [0, 0.05) is 17.7 Å². The summed E-state index contributed by atoms with van der Waals surface area (Å²) in [5, 5.41) is 3.92. The van der Waals surface area contributed by atoms with E-state index in [9.17, 15) is 17.6 Å². The van der Waals surface area contributed by atoms with Gasteiger partial charge in [0.1, 0.15) is 37.1 Å². The van der Waals surface area contributed by atoms with Crippen LogP contribution in [0.3, 0.4) is 0 Å². The zero-order valence-corrected chi connectivity index (χ0v) is 20.8. The maximum atomic E-state index is 13.6. The molecule has 10 nitrogen and oxygen atoms in total. The highest BCUT2D eigenvalue weighted by atomic mass is 32.2. The first kappa shape index (κ1) is 25.8. The van der Waals surface area contributed by atoms with Crippen molar-refractivity contribution < 1.29 is 36.6 Å². The van der Waals surface area contributed by atoms with E-state index < -0.39 is 28.3 Å². The van der Waals surface area contributed by atoms with Crippen molar-refractivity contribution in [3.05, 3.63) is 72.0 Å². The SMILES string of the molecule is COc1ccc(/C=N\NC(=O)CN(c2ccc(F)cc2)S(=O)(=O)c2ccc3c(c2)OCCO3)c(OC)c1. The lowest BCUT2D eigenvalue weighted by Gasteiger charge is -2.25. The molecular weight excluding hydrogens is 505 g/mol. The number of hydrogen-bond donors (Lipinski definition) is 1. The zero-order chi connectivity index (χ0) is 26.4. The molecule has 0 saturated heterocycles. The van der Waals surface area contributed by atoms with Gasteiger partial charge >= 0.3 is 0 Å². The number of rotatable bonds is 9. The van der Waals surface area contributed by atoms with Gasteiger partial charge in [-0.15, -0.1) is 0 Å². The first-order valence-corrected chi connectivity index (χ1v) is 12.5. The molecule has 1 aliphatic heterocycles. The van der Waals surface area contributed by atoms with Crippen molar-refractivity contribution in [1.82, 2.24) is 5.43 Å². The van der Waals surface area contributed by atoms with E-state index in [4.69, 9.17) is 18.9 Å². The van der Waals surface area contributed by atoms with Gasteiger partial charge in [-0.25, -0.2) is 18.2 Å². The molecule has 37 heavy (non-hydrogen) atoms. The van der Waals surface area contributed by atoms with Crippen LogP contribution in [0.5, 0.6) is 23.0 Å². The molecule has 4 rings (SSSR count). The Morgan fingerprint density at radius 3 is 2.46 bits per heavy atom. The average molecular weight is 530 g/mol. The Hall–Kier alpha value is -4.32. The summed E-state index contributed by atoms with van der Waals surface area (Å²) in [5.74, 6) is 0.453. The summed E-state index contributed by atoms with van der Waals surface area (Å²) < 4.78 is 62.9. The number of nitrogens with one attached hydrogen (secondary N) is 1. The molecule has 0 radical (unpaired) electrons. The summed E-state index contributed by atoms with van der Waals surface area (Å²) in [6.45, 7) is 0.000946. The molecule has 3 aromatic rings. The second-order valence-electron chi connectivity index (χ2n) is 7.69. The number of methoxy groups -OCH3 is 2. The molecular formula is C25H24FN3O7S. The number of nitrogens with zero attached hydrogens (tertiary/aromatic N) is 2. The maximum Gasteiger partial charge on any atom is 0.264 e. The van der Waals surface area contributed by atoms with Crippen molar-refractivity contribution in [1.29, 1.82) is 0 Å². The number of carbonyl (C=O) groups is 1. The summed E-state index contributed by atoms with van der Waals surface area (Å²) >= 11 is 0. The van der Waals surface area contributed by atoms with E-state index in [0.717, 1.165) is 16.4 Å². The fourth-order valence-corrected chi connectivity index (χ4v) is 4.94. The van der Waals surface area contributed by atoms with Crippen molar-refractivity contribution in [2.45, 2.75) is 4.90 Å². The molecule has 1 aliphatic rings. The van der Waals surface area contributed by atoms with Crippen LogP contribution in [0.2, 0.25) is 0 Å². The maximum absolute atomic E-state index is 13.6. The number of amides is 1. The third-order valence-corrected chi connectivity index (χ3v) is 7.11. The highest BCUT2D eigenvalue weighted by Crippen LogP contribution is 2.34. The van der Waals surface area contributed by atoms with Crippen LogP contribution in [0.25, 0.3) is 0 Å². The van der Waals surface area contributed by atoms with E-state index >= 15 is 0 Å². The molecule has 0 aromatic heterocycles. The number of fused-ring (bicyclic) bond motifs is 1. The summed E-state index contributed by atoms with van der Waals surface area (Å²) in [5.41, 5.74) is 2.96. The Bertz CT molecular complexity index is 1410. The van der Waals surface area contributed by atoms with Crippen LogP contribution in [0.4, 0.5) is 10.1 Å². The highest BCUT2D eigenvalue weighted by molar-refractivity contribution is 7.92. The summed E-state index contributed by atoms with van der Waals surface area (Å²) in [4.78, 5) is 12.6. The lowest BCUT2D eigenvalue weighted by atomic mass is 10.2. The van der Waals surface area contributed by atoms with E-state index in [0.29, 0.717) is 29.4 Å². The van der Waals surface area contributed by atoms with E-state index in [2.05, 4.69) is 10.5 Å². The third kappa shape index (κ3) is 5.92. The van der Waals surface area contributed by atoms with Gasteiger partial charge in [0.05, 0.1) is 31.0 Å². The summed E-state index contributed by atoms with van der Waals surface area (Å²) in [6, 6.07) is 13.9. The number of anilines is 1. The second-order valence-corrected chi connectivity index (χ2v) is 9.56. The standard InChI is InChI=1S/C25H24FN3O7S/c1-33-20-8-3-17(23(13-20)34-2)15-27-28-25(30)16-29(19-6-4-18(26)5-7-19)37(31,32)21-9-10-22-24(14-21)36-12-11-35-22/h3-10,13-15H,11-12,16H2,1-2H3,(H,28,30)/b27-15-. The number of hydrogen-bond acceptors (Lipinski definition) is 8. The van der Waals surface area contributed by atoms with Gasteiger partial charge < -0.3 is 18.9 Å². The minimum absolute atomic E-state index is 0.0900. The predicted octanol–water partition coefficient (Wildman–Crippen LogP) is 2.96. The monoisotopic (exact) mass is 529 g/mol. The van der Waals surface area contributed by atoms with Gasteiger partial charge in [-0.05, 0) is 48.5 Å². The average Bonchev–Trinajstić information content (AvgIpc) is 2.92. The van der Waals surface area contributed by atoms with E-state index in [1.807, 2.05) is 0 Å². The van der Waals surface area contributed by atoms with Crippen LogP contribution >= 0.6 is 0 Å². The molecule has 0 bridgehead atoms. The van der Waals surface area contributed by atoms with Crippen molar-refractivity contribution in [3.8, 4) is 23.0 Å². The zero-order valence-electron chi connectivity index (χ0n) is 20.0. The summed E-state index contributed by atoms with van der Waals surface area (Å²) in [7, 11) is -1.26. The largest absolute Gasteiger partial charge is 0.497 e. The Balaban J connectivity index is 1.57. The first-order chi connectivity index (χ1) is 17.8. The fraction of sp³-hybridized carbons (Fsp3) is 0.200. The minimum Gasteiger partial charge on any atom is -0.497 e. The molecule has 12 heteroatoms. The van der Waals surface area contributed by atoms with Crippen molar-refractivity contribution >= 4 is 27.8 Å².